The molecule has 36 valence electrons. The monoisotopic (exact) mass is 124 g/mol. The van der Waals surface area contributed by atoms with E-state index < -0.39 is 0 Å². The Balaban J connectivity index is 2.34. The Bertz CT molecular complexity index is 17.5. The van der Waals surface area contributed by atoms with Gasteiger partial charge in [-0.2, -0.15) is 0 Å². The Labute approximate surface area is 48.4 Å². The third-order valence-electron chi connectivity index (χ3n) is 0.385. The highest BCUT2D eigenvalue weighted by Gasteiger charge is 1.79. The number of halogens is 2. The summed E-state index contributed by atoms with van der Waals surface area (Å²) in [5, 5.41) is 0. The summed E-state index contributed by atoms with van der Waals surface area (Å²) in [5.74, 6) is 3.14. The molecule has 0 saturated carbocycles. The molecular formula is C4H6Cl2. The van der Waals surface area contributed by atoms with E-state index in [0.29, 0.717) is 0 Å². The van der Waals surface area contributed by atoms with Gasteiger partial charge in [-0.3, -0.25) is 0 Å². The van der Waals surface area contributed by atoms with E-state index in [1.807, 2.05) is 0 Å². The van der Waals surface area contributed by atoms with Crippen LogP contribution in [-0.2, 0) is 0 Å². The van der Waals surface area contributed by atoms with Crippen LogP contribution in [0, 0.1) is 11.8 Å². The first-order chi connectivity index (χ1) is 2.91. The van der Waals surface area contributed by atoms with Gasteiger partial charge >= 0.3 is 0 Å². The van der Waals surface area contributed by atoms with Gasteiger partial charge < -0.3 is 0 Å². The van der Waals surface area contributed by atoms with Crippen molar-refractivity contribution in [2.45, 2.75) is 12.8 Å². The van der Waals surface area contributed by atoms with Gasteiger partial charge in [-0.1, -0.05) is 0 Å². The van der Waals surface area contributed by atoms with Crippen molar-refractivity contribution >= 4 is 23.2 Å². The summed E-state index contributed by atoms with van der Waals surface area (Å²) in [4.78, 5) is 0. The Hall–Kier alpha value is 0.580. The fourth-order valence-corrected chi connectivity index (χ4v) is 0.378. The number of rotatable bonds is 3. The van der Waals surface area contributed by atoms with Crippen molar-refractivity contribution in [3.63, 3.8) is 0 Å². The van der Waals surface area contributed by atoms with E-state index in [1.165, 1.54) is 0 Å². The highest BCUT2D eigenvalue weighted by Crippen LogP contribution is 2.01. The van der Waals surface area contributed by atoms with Crippen molar-refractivity contribution in [3.8, 4) is 0 Å². The van der Waals surface area contributed by atoms with Crippen LogP contribution in [0.5, 0.6) is 0 Å². The fraction of sp³-hybridized carbons (Fsp3) is 0.500. The number of unbranched alkanes of at least 4 members (excludes halogenated alkanes) is 1. The molecule has 0 nitrogen and oxygen atoms in total. The molecule has 2 radical (unpaired) electrons. The van der Waals surface area contributed by atoms with E-state index in [0.717, 1.165) is 12.8 Å². The van der Waals surface area contributed by atoms with Gasteiger partial charge in [0.2, 0.25) is 0 Å². The maximum atomic E-state index is 5.18. The van der Waals surface area contributed by atoms with E-state index >= 15 is 0 Å². The third kappa shape index (κ3) is 4.58. The summed E-state index contributed by atoms with van der Waals surface area (Å²) >= 11 is 10.4. The maximum Gasteiger partial charge on any atom is 0.0500 e. The molecule has 0 aliphatic heterocycles. The average Bonchev–Trinajstić information content (AvgIpc) is 1.61. The van der Waals surface area contributed by atoms with Gasteiger partial charge in [-0.05, 0) is 12.8 Å². The van der Waals surface area contributed by atoms with Crippen molar-refractivity contribution in [2.24, 2.45) is 0 Å². The van der Waals surface area contributed by atoms with Gasteiger partial charge in [0.1, 0.15) is 0 Å². The molecule has 0 aromatic rings. The third-order valence-corrected chi connectivity index (χ3v) is 0.821. The molecule has 0 unspecified atom stereocenters. The minimum absolute atomic E-state index is 0.866. The Morgan fingerprint density at radius 2 is 1.33 bits per heavy atom. The summed E-state index contributed by atoms with van der Waals surface area (Å²) in [7, 11) is 0. The second-order valence-electron chi connectivity index (χ2n) is 0.886. The van der Waals surface area contributed by atoms with Crippen LogP contribution in [0.1, 0.15) is 12.8 Å². The Kier molecular flexibility index (Phi) is 6.12. The second kappa shape index (κ2) is 5.58. The van der Waals surface area contributed by atoms with Crippen LogP contribution in [0.15, 0.2) is 0 Å². The number of hydrogen-bond acceptors (Lipinski definition) is 0. The Morgan fingerprint density at radius 3 is 1.50 bits per heavy atom. The molecule has 0 heterocycles. The highest BCUT2D eigenvalue weighted by atomic mass is 35.5. The van der Waals surface area contributed by atoms with Gasteiger partial charge in [-0.25, -0.2) is 0 Å². The van der Waals surface area contributed by atoms with E-state index in [1.54, 1.807) is 11.8 Å². The smallest absolute Gasteiger partial charge is 0.0500 e. The lowest BCUT2D eigenvalue weighted by Gasteiger charge is -1.82. The van der Waals surface area contributed by atoms with Crippen LogP contribution in [0.2, 0.25) is 0 Å². The molecule has 0 bridgehead atoms. The van der Waals surface area contributed by atoms with Gasteiger partial charge in [0.05, 0.1) is 0 Å². The van der Waals surface area contributed by atoms with Crippen LogP contribution in [0.4, 0.5) is 0 Å². The van der Waals surface area contributed by atoms with Crippen LogP contribution < -0.4 is 0 Å². The summed E-state index contributed by atoms with van der Waals surface area (Å²) in [6.07, 6.45) is 1.73. The van der Waals surface area contributed by atoms with Crippen molar-refractivity contribution in [1.82, 2.24) is 0 Å². The second-order valence-corrected chi connectivity index (χ2v) is 1.50. The van der Waals surface area contributed by atoms with E-state index in [2.05, 4.69) is 0 Å². The average molecular weight is 125 g/mol. The van der Waals surface area contributed by atoms with Crippen LogP contribution in [-0.4, -0.2) is 0 Å². The van der Waals surface area contributed by atoms with Crippen LogP contribution >= 0.6 is 23.2 Å². The summed E-state index contributed by atoms with van der Waals surface area (Å²) in [5.41, 5.74) is 0. The van der Waals surface area contributed by atoms with Gasteiger partial charge in [0.15, 0.2) is 0 Å². The molecule has 0 atom stereocenters. The van der Waals surface area contributed by atoms with Gasteiger partial charge in [0, 0.05) is 11.8 Å². The zero-order valence-electron chi connectivity index (χ0n) is 3.32. The van der Waals surface area contributed by atoms with Crippen molar-refractivity contribution in [1.29, 1.82) is 0 Å². The lowest BCUT2D eigenvalue weighted by Crippen LogP contribution is -1.63. The molecular weight excluding hydrogens is 119 g/mol. The molecule has 0 rings (SSSR count). The van der Waals surface area contributed by atoms with Gasteiger partial charge in [-0.15, -0.1) is 23.2 Å². The normalized spacial score (nSPS) is 9.00. The SMILES string of the molecule is Cl[CH]CC[CH]Cl. The van der Waals surface area contributed by atoms with Crippen LogP contribution in [0.25, 0.3) is 0 Å². The van der Waals surface area contributed by atoms with Gasteiger partial charge in [0.25, 0.3) is 0 Å². The molecule has 0 fully saturated rings. The molecule has 0 aliphatic carbocycles. The molecule has 0 spiro atoms. The van der Waals surface area contributed by atoms with Crippen molar-refractivity contribution < 1.29 is 0 Å². The largest absolute Gasteiger partial charge is 0.121 e. The van der Waals surface area contributed by atoms with E-state index in [-0.39, 0.29) is 0 Å². The lowest BCUT2D eigenvalue weighted by molar-refractivity contribution is 1.01. The zero-order valence-corrected chi connectivity index (χ0v) is 4.84. The summed E-state index contributed by atoms with van der Waals surface area (Å²) < 4.78 is 0. The summed E-state index contributed by atoms with van der Waals surface area (Å²) in [6.45, 7) is 0. The van der Waals surface area contributed by atoms with Crippen molar-refractivity contribution in [3.05, 3.63) is 11.8 Å². The molecule has 0 amide bonds. The first kappa shape index (κ1) is 6.58. The summed E-state index contributed by atoms with van der Waals surface area (Å²) in [6, 6.07) is 0. The standard InChI is InChI=1S/C4H6Cl2/c5-3-1-2-4-6/h3-4H,1-2H2. The first-order valence-electron chi connectivity index (χ1n) is 1.75. The topological polar surface area (TPSA) is 0 Å². The lowest BCUT2D eigenvalue weighted by atomic mass is 10.4. The van der Waals surface area contributed by atoms with Crippen LogP contribution in [0.3, 0.4) is 0 Å². The molecule has 0 aromatic carbocycles. The predicted octanol–water partition coefficient (Wildman–Crippen LogP) is 2.57. The molecule has 0 aliphatic rings. The number of hydrogen-bond donors (Lipinski definition) is 0. The maximum absolute atomic E-state index is 5.18. The minimum atomic E-state index is 0.866. The molecule has 0 saturated heterocycles. The quantitative estimate of drug-likeness (QED) is 0.508. The minimum Gasteiger partial charge on any atom is -0.121 e. The van der Waals surface area contributed by atoms with Crippen molar-refractivity contribution in [2.75, 3.05) is 0 Å². The molecule has 6 heavy (non-hydrogen) atoms. The predicted molar refractivity (Wildman–Crippen MR) is 29.5 cm³/mol. The first-order valence-corrected chi connectivity index (χ1v) is 2.63. The van der Waals surface area contributed by atoms with E-state index in [4.69, 9.17) is 23.2 Å². The van der Waals surface area contributed by atoms with E-state index in [9.17, 15) is 0 Å². The zero-order chi connectivity index (χ0) is 4.83. The molecule has 0 N–H and O–H groups in total. The Morgan fingerprint density at radius 1 is 1.00 bits per heavy atom. The highest BCUT2D eigenvalue weighted by molar-refractivity contribution is 6.24. The fourth-order valence-electron chi connectivity index (χ4n) is 0.126. The molecule has 2 heteroatoms. The molecule has 0 aromatic heterocycles.